The van der Waals surface area contributed by atoms with Gasteiger partial charge in [0.1, 0.15) is 5.02 Å². The van der Waals surface area contributed by atoms with Gasteiger partial charge in [-0.1, -0.05) is 11.6 Å². The Balaban J connectivity index is 2.64. The van der Waals surface area contributed by atoms with Crippen molar-refractivity contribution in [1.82, 2.24) is 4.98 Å². The number of nitrogens with zero attached hydrogens (tertiary/aromatic N) is 1. The van der Waals surface area contributed by atoms with Gasteiger partial charge >= 0.3 is 0 Å². The highest BCUT2D eigenvalue weighted by atomic mass is 35.5. The van der Waals surface area contributed by atoms with Gasteiger partial charge in [-0.05, 0) is 12.1 Å². The number of hydrogen-bond acceptors (Lipinski definition) is 4. The molecule has 0 aliphatic heterocycles. The number of rotatable bonds is 5. The van der Waals surface area contributed by atoms with Gasteiger partial charge in [0.15, 0.2) is 0 Å². The first kappa shape index (κ1) is 10.8. The first-order valence-corrected chi connectivity index (χ1v) is 4.40. The van der Waals surface area contributed by atoms with Crippen molar-refractivity contribution in [3.05, 3.63) is 22.8 Å². The molecule has 0 unspecified atom stereocenters. The van der Waals surface area contributed by atoms with E-state index in [4.69, 9.17) is 16.3 Å². The van der Waals surface area contributed by atoms with Crippen molar-refractivity contribution in [3.8, 4) is 5.88 Å². The van der Waals surface area contributed by atoms with Crippen LogP contribution in [-0.2, 0) is 16.0 Å². The second-order valence-corrected chi connectivity index (χ2v) is 2.92. The highest BCUT2D eigenvalue weighted by Crippen LogP contribution is 2.21. The summed E-state index contributed by atoms with van der Waals surface area (Å²) in [6.45, 7) is 0.717. The lowest BCUT2D eigenvalue weighted by Crippen LogP contribution is -2.00. The van der Waals surface area contributed by atoms with E-state index in [1.807, 2.05) is 0 Å². The van der Waals surface area contributed by atoms with E-state index in [1.54, 1.807) is 12.1 Å². The fraction of sp³-hybridized carbons (Fsp3) is 0.333. The third-order valence-corrected chi connectivity index (χ3v) is 1.90. The van der Waals surface area contributed by atoms with Gasteiger partial charge in [0, 0.05) is 12.1 Å². The first-order chi connectivity index (χ1) is 6.77. The number of hydrogen-bond donors (Lipinski definition) is 0. The van der Waals surface area contributed by atoms with Gasteiger partial charge in [0.25, 0.3) is 6.47 Å². The average molecular weight is 216 g/mol. The van der Waals surface area contributed by atoms with Crippen LogP contribution in [0.2, 0.25) is 5.02 Å². The molecule has 76 valence electrons. The van der Waals surface area contributed by atoms with Crippen molar-refractivity contribution in [3.63, 3.8) is 0 Å². The summed E-state index contributed by atoms with van der Waals surface area (Å²) in [4.78, 5) is 14.0. The molecule has 14 heavy (non-hydrogen) atoms. The van der Waals surface area contributed by atoms with Crippen LogP contribution < -0.4 is 4.74 Å². The Hall–Kier alpha value is -1.29. The van der Waals surface area contributed by atoms with Crippen molar-refractivity contribution in [2.24, 2.45) is 0 Å². The molecule has 0 saturated heterocycles. The average Bonchev–Trinajstić information content (AvgIpc) is 2.21. The van der Waals surface area contributed by atoms with Gasteiger partial charge in [0.05, 0.1) is 13.7 Å². The molecular formula is C9H10ClNO3. The van der Waals surface area contributed by atoms with Gasteiger partial charge in [-0.2, -0.15) is 0 Å². The molecule has 0 aliphatic rings. The van der Waals surface area contributed by atoms with Crippen molar-refractivity contribution >= 4 is 18.1 Å². The lowest BCUT2D eigenvalue weighted by atomic mass is 10.3. The third-order valence-electron chi connectivity index (χ3n) is 1.61. The van der Waals surface area contributed by atoms with Crippen molar-refractivity contribution in [1.29, 1.82) is 0 Å². The van der Waals surface area contributed by atoms with Crippen LogP contribution in [0.3, 0.4) is 0 Å². The zero-order valence-electron chi connectivity index (χ0n) is 7.70. The molecule has 0 aromatic carbocycles. The predicted molar refractivity (Wildman–Crippen MR) is 51.5 cm³/mol. The number of methoxy groups -OCH3 is 1. The SMILES string of the molecule is COc1nc(CCOC=O)ccc1Cl. The molecule has 0 aliphatic carbocycles. The largest absolute Gasteiger partial charge is 0.480 e. The number of carbonyl (C=O) groups is 1. The summed E-state index contributed by atoms with van der Waals surface area (Å²) in [5.74, 6) is 0.385. The summed E-state index contributed by atoms with van der Waals surface area (Å²) in [6, 6.07) is 3.46. The Morgan fingerprint density at radius 1 is 1.57 bits per heavy atom. The maximum atomic E-state index is 9.88. The smallest absolute Gasteiger partial charge is 0.293 e. The fourth-order valence-electron chi connectivity index (χ4n) is 0.956. The lowest BCUT2D eigenvalue weighted by Gasteiger charge is -2.04. The summed E-state index contributed by atoms with van der Waals surface area (Å²) < 4.78 is 9.49. The first-order valence-electron chi connectivity index (χ1n) is 4.02. The minimum Gasteiger partial charge on any atom is -0.480 e. The van der Waals surface area contributed by atoms with Crippen molar-refractivity contribution < 1.29 is 14.3 Å². The molecule has 0 bridgehead atoms. The zero-order chi connectivity index (χ0) is 10.4. The molecule has 0 atom stereocenters. The molecule has 4 nitrogen and oxygen atoms in total. The zero-order valence-corrected chi connectivity index (χ0v) is 8.45. The molecule has 1 heterocycles. The maximum absolute atomic E-state index is 9.88. The molecular weight excluding hydrogens is 206 g/mol. The van der Waals surface area contributed by atoms with Crippen molar-refractivity contribution in [2.45, 2.75) is 6.42 Å². The normalized spacial score (nSPS) is 9.57. The molecule has 5 heteroatoms. The molecule has 1 aromatic heterocycles. The predicted octanol–water partition coefficient (Wildman–Crippen LogP) is 1.46. The van der Waals surface area contributed by atoms with Gasteiger partial charge in [-0.15, -0.1) is 0 Å². The Morgan fingerprint density at radius 3 is 3.00 bits per heavy atom. The minimum atomic E-state index is 0.307. The van der Waals surface area contributed by atoms with Crippen molar-refractivity contribution in [2.75, 3.05) is 13.7 Å². The Morgan fingerprint density at radius 2 is 2.36 bits per heavy atom. The molecule has 0 fully saturated rings. The van der Waals surface area contributed by atoms with E-state index in [2.05, 4.69) is 9.72 Å². The molecule has 0 amide bonds. The molecule has 0 radical (unpaired) electrons. The highest BCUT2D eigenvalue weighted by molar-refractivity contribution is 6.31. The van der Waals surface area contributed by atoms with E-state index < -0.39 is 0 Å². The standard InChI is InChI=1S/C9H10ClNO3/c1-13-9-8(10)3-2-7(11-9)4-5-14-6-12/h2-3,6H,4-5H2,1H3. The topological polar surface area (TPSA) is 48.4 Å². The van der Waals surface area contributed by atoms with Gasteiger partial charge in [0.2, 0.25) is 5.88 Å². The second kappa shape index (κ2) is 5.44. The van der Waals surface area contributed by atoms with Crippen LogP contribution in [0.15, 0.2) is 12.1 Å². The summed E-state index contributed by atoms with van der Waals surface area (Å²) in [7, 11) is 1.50. The van der Waals surface area contributed by atoms with Crippen LogP contribution in [0.4, 0.5) is 0 Å². The molecule has 1 aromatic rings. The van der Waals surface area contributed by atoms with E-state index in [1.165, 1.54) is 7.11 Å². The second-order valence-electron chi connectivity index (χ2n) is 2.51. The lowest BCUT2D eigenvalue weighted by molar-refractivity contribution is -0.128. The summed E-state index contributed by atoms with van der Waals surface area (Å²) >= 11 is 5.78. The van der Waals surface area contributed by atoms with E-state index >= 15 is 0 Å². The molecule has 0 spiro atoms. The van der Waals surface area contributed by atoms with Gasteiger partial charge < -0.3 is 9.47 Å². The molecule has 0 N–H and O–H groups in total. The number of ether oxygens (including phenoxy) is 2. The van der Waals surface area contributed by atoms with Crippen LogP contribution in [-0.4, -0.2) is 25.2 Å². The summed E-state index contributed by atoms with van der Waals surface area (Å²) in [6.07, 6.45) is 0.548. The van der Waals surface area contributed by atoms with Gasteiger partial charge in [-0.25, -0.2) is 4.98 Å². The Bertz CT molecular complexity index is 317. The van der Waals surface area contributed by atoms with E-state index in [9.17, 15) is 4.79 Å². The van der Waals surface area contributed by atoms with E-state index in [-0.39, 0.29) is 0 Å². The van der Waals surface area contributed by atoms with Crippen LogP contribution in [0, 0.1) is 0 Å². The number of aromatic nitrogens is 1. The Labute approximate surface area is 86.8 Å². The fourth-order valence-corrected chi connectivity index (χ4v) is 1.14. The van der Waals surface area contributed by atoms with E-state index in [0.717, 1.165) is 5.69 Å². The highest BCUT2D eigenvalue weighted by Gasteiger charge is 2.03. The van der Waals surface area contributed by atoms with Crippen LogP contribution in [0.5, 0.6) is 5.88 Å². The summed E-state index contributed by atoms with van der Waals surface area (Å²) in [5.41, 5.74) is 0.771. The maximum Gasteiger partial charge on any atom is 0.293 e. The number of pyridine rings is 1. The number of halogens is 1. The molecule has 1 rings (SSSR count). The minimum absolute atomic E-state index is 0.307. The molecule has 0 saturated carbocycles. The van der Waals surface area contributed by atoms with Gasteiger partial charge in [-0.3, -0.25) is 4.79 Å². The third kappa shape index (κ3) is 2.88. The summed E-state index contributed by atoms with van der Waals surface area (Å²) in [5, 5.41) is 0.465. The van der Waals surface area contributed by atoms with E-state index in [0.29, 0.717) is 30.4 Å². The quantitative estimate of drug-likeness (QED) is 0.551. The van der Waals surface area contributed by atoms with Crippen LogP contribution >= 0.6 is 11.6 Å². The Kier molecular flexibility index (Phi) is 4.19. The number of carbonyl (C=O) groups excluding carboxylic acids is 1. The van der Waals surface area contributed by atoms with Crippen LogP contribution in [0.25, 0.3) is 0 Å². The monoisotopic (exact) mass is 215 g/mol. The van der Waals surface area contributed by atoms with Crippen LogP contribution in [0.1, 0.15) is 5.69 Å².